The van der Waals surface area contributed by atoms with Crippen molar-refractivity contribution in [3.8, 4) is 0 Å². The Kier molecular flexibility index (Phi) is 3.57. The van der Waals surface area contributed by atoms with E-state index in [9.17, 15) is 13.2 Å². The highest BCUT2D eigenvalue weighted by Crippen LogP contribution is 2.33. The Bertz CT molecular complexity index is 721. The maximum absolute atomic E-state index is 12.9. The Morgan fingerprint density at radius 2 is 2.13 bits per heavy atom. The number of halogens is 3. The van der Waals surface area contributed by atoms with Crippen LogP contribution >= 0.6 is 0 Å². The Morgan fingerprint density at radius 1 is 1.30 bits per heavy atom. The van der Waals surface area contributed by atoms with Crippen LogP contribution in [0.4, 0.5) is 13.2 Å². The van der Waals surface area contributed by atoms with Crippen LogP contribution in [0, 0.1) is 0 Å². The van der Waals surface area contributed by atoms with Crippen LogP contribution in [-0.4, -0.2) is 28.7 Å². The van der Waals surface area contributed by atoms with E-state index >= 15 is 0 Å². The summed E-state index contributed by atoms with van der Waals surface area (Å²) in [7, 11) is 0. The first-order chi connectivity index (χ1) is 11.0. The predicted octanol–water partition coefficient (Wildman–Crippen LogP) is 3.27. The molecule has 7 heteroatoms. The number of benzene rings is 1. The van der Waals surface area contributed by atoms with Gasteiger partial charge in [-0.1, -0.05) is 6.42 Å². The SMILES string of the molecule is FC(F)(F)c1ccc2c(c1)nc1n2C(CNC2CCC2)COC1. The third-order valence-electron chi connectivity index (χ3n) is 4.74. The Morgan fingerprint density at radius 3 is 2.83 bits per heavy atom. The van der Waals surface area contributed by atoms with Gasteiger partial charge >= 0.3 is 6.18 Å². The van der Waals surface area contributed by atoms with Crippen molar-refractivity contribution < 1.29 is 17.9 Å². The fraction of sp³-hybridized carbons (Fsp3) is 0.562. The van der Waals surface area contributed by atoms with E-state index in [-0.39, 0.29) is 6.04 Å². The van der Waals surface area contributed by atoms with E-state index < -0.39 is 11.7 Å². The first-order valence-corrected chi connectivity index (χ1v) is 7.91. The molecule has 23 heavy (non-hydrogen) atoms. The number of fused-ring (bicyclic) bond motifs is 3. The number of hydrogen-bond donors (Lipinski definition) is 1. The van der Waals surface area contributed by atoms with Crippen LogP contribution in [0.2, 0.25) is 0 Å². The van der Waals surface area contributed by atoms with Gasteiger partial charge in [-0.25, -0.2) is 4.98 Å². The van der Waals surface area contributed by atoms with Gasteiger partial charge < -0.3 is 14.6 Å². The summed E-state index contributed by atoms with van der Waals surface area (Å²) in [4.78, 5) is 4.35. The van der Waals surface area contributed by atoms with E-state index in [1.165, 1.54) is 25.3 Å². The Hall–Kier alpha value is -1.60. The molecule has 0 saturated heterocycles. The number of ether oxygens (including phenoxy) is 1. The summed E-state index contributed by atoms with van der Waals surface area (Å²) in [6.07, 6.45) is -0.696. The molecule has 124 valence electrons. The van der Waals surface area contributed by atoms with Gasteiger partial charge in [0.25, 0.3) is 0 Å². The van der Waals surface area contributed by atoms with Gasteiger partial charge in [0, 0.05) is 12.6 Å². The summed E-state index contributed by atoms with van der Waals surface area (Å²) in [5.41, 5.74) is 0.469. The van der Waals surface area contributed by atoms with Crippen molar-refractivity contribution in [2.75, 3.05) is 13.2 Å². The van der Waals surface area contributed by atoms with E-state index in [4.69, 9.17) is 4.74 Å². The van der Waals surface area contributed by atoms with E-state index in [0.29, 0.717) is 30.6 Å². The lowest BCUT2D eigenvalue weighted by Crippen LogP contribution is -2.41. The molecule has 0 radical (unpaired) electrons. The highest BCUT2D eigenvalue weighted by atomic mass is 19.4. The number of alkyl halides is 3. The minimum Gasteiger partial charge on any atom is -0.371 e. The average molecular weight is 325 g/mol. The van der Waals surface area contributed by atoms with Crippen LogP contribution in [0.15, 0.2) is 18.2 Å². The molecule has 0 amide bonds. The molecule has 1 aliphatic heterocycles. The van der Waals surface area contributed by atoms with Gasteiger partial charge in [-0.2, -0.15) is 13.2 Å². The molecule has 1 saturated carbocycles. The van der Waals surface area contributed by atoms with Crippen LogP contribution < -0.4 is 5.32 Å². The molecule has 1 aromatic carbocycles. The third kappa shape index (κ3) is 2.72. The molecule has 1 atom stereocenters. The molecule has 1 N–H and O–H groups in total. The summed E-state index contributed by atoms with van der Waals surface area (Å²) in [5, 5.41) is 3.51. The first kappa shape index (κ1) is 15.0. The van der Waals surface area contributed by atoms with Gasteiger partial charge in [0.15, 0.2) is 0 Å². The maximum atomic E-state index is 12.9. The molecule has 1 aromatic heterocycles. The van der Waals surface area contributed by atoms with Gasteiger partial charge in [0.05, 0.1) is 29.2 Å². The highest BCUT2D eigenvalue weighted by Gasteiger charge is 2.32. The van der Waals surface area contributed by atoms with E-state index in [1.807, 2.05) is 4.57 Å². The lowest BCUT2D eigenvalue weighted by molar-refractivity contribution is -0.137. The molecule has 4 nitrogen and oxygen atoms in total. The van der Waals surface area contributed by atoms with Crippen molar-refractivity contribution >= 4 is 11.0 Å². The summed E-state index contributed by atoms with van der Waals surface area (Å²) in [5.74, 6) is 0.700. The fourth-order valence-corrected chi connectivity index (χ4v) is 3.26. The minimum atomic E-state index is -4.35. The number of aromatic nitrogens is 2. The zero-order valence-corrected chi connectivity index (χ0v) is 12.6. The summed E-state index contributed by atoms with van der Waals surface area (Å²) >= 11 is 0. The second-order valence-corrected chi connectivity index (χ2v) is 6.30. The smallest absolute Gasteiger partial charge is 0.371 e. The minimum absolute atomic E-state index is 0.0705. The molecule has 4 rings (SSSR count). The predicted molar refractivity (Wildman–Crippen MR) is 79.1 cm³/mol. The second kappa shape index (κ2) is 5.49. The molecule has 2 heterocycles. The van der Waals surface area contributed by atoms with Crippen molar-refractivity contribution in [1.29, 1.82) is 0 Å². The van der Waals surface area contributed by atoms with Crippen LogP contribution in [0.5, 0.6) is 0 Å². The monoisotopic (exact) mass is 325 g/mol. The van der Waals surface area contributed by atoms with E-state index in [2.05, 4.69) is 10.3 Å². The number of nitrogens with one attached hydrogen (secondary N) is 1. The number of imidazole rings is 1. The number of nitrogens with zero attached hydrogens (tertiary/aromatic N) is 2. The normalized spacial score (nSPS) is 22.1. The van der Waals surface area contributed by atoms with Gasteiger partial charge in [-0.05, 0) is 31.0 Å². The fourth-order valence-electron chi connectivity index (χ4n) is 3.26. The van der Waals surface area contributed by atoms with Gasteiger partial charge in [-0.15, -0.1) is 0 Å². The largest absolute Gasteiger partial charge is 0.416 e. The quantitative estimate of drug-likeness (QED) is 0.941. The van der Waals surface area contributed by atoms with Crippen LogP contribution in [0.1, 0.15) is 36.7 Å². The van der Waals surface area contributed by atoms with E-state index in [0.717, 1.165) is 24.2 Å². The molecule has 0 spiro atoms. The molecular weight excluding hydrogens is 307 g/mol. The standard InChI is InChI=1S/C16H18F3N3O/c17-16(18,19)10-4-5-14-13(6-10)21-15-9-23-8-12(22(14)15)7-20-11-2-1-3-11/h4-6,11-12,20H,1-3,7-9H2. The topological polar surface area (TPSA) is 39.1 Å². The molecule has 1 aliphatic carbocycles. The number of hydrogen-bond acceptors (Lipinski definition) is 3. The second-order valence-electron chi connectivity index (χ2n) is 6.30. The van der Waals surface area contributed by atoms with Gasteiger partial charge in [0.2, 0.25) is 0 Å². The molecule has 0 bridgehead atoms. The van der Waals surface area contributed by atoms with Crippen LogP contribution in [-0.2, 0) is 17.5 Å². The molecular formula is C16H18F3N3O. The lowest BCUT2D eigenvalue weighted by atomic mass is 9.93. The van der Waals surface area contributed by atoms with Crippen molar-refractivity contribution in [1.82, 2.24) is 14.9 Å². The summed E-state index contributed by atoms with van der Waals surface area (Å²) < 4.78 is 46.2. The molecule has 2 aromatic rings. The van der Waals surface area contributed by atoms with Gasteiger partial charge in [-0.3, -0.25) is 0 Å². The average Bonchev–Trinajstić information content (AvgIpc) is 2.83. The maximum Gasteiger partial charge on any atom is 0.416 e. The zero-order chi connectivity index (χ0) is 16.0. The van der Waals surface area contributed by atoms with Crippen LogP contribution in [0.25, 0.3) is 11.0 Å². The summed E-state index contributed by atoms with van der Waals surface area (Å²) in [6.45, 7) is 1.65. The van der Waals surface area contributed by atoms with Crippen molar-refractivity contribution in [3.05, 3.63) is 29.6 Å². The van der Waals surface area contributed by atoms with Crippen molar-refractivity contribution in [2.24, 2.45) is 0 Å². The molecule has 1 fully saturated rings. The van der Waals surface area contributed by atoms with Crippen molar-refractivity contribution in [2.45, 2.75) is 44.1 Å². The molecule has 2 aliphatic rings. The Balaban J connectivity index is 1.66. The highest BCUT2D eigenvalue weighted by molar-refractivity contribution is 5.77. The van der Waals surface area contributed by atoms with Crippen molar-refractivity contribution in [3.63, 3.8) is 0 Å². The number of rotatable bonds is 3. The van der Waals surface area contributed by atoms with Crippen LogP contribution in [0.3, 0.4) is 0 Å². The summed E-state index contributed by atoms with van der Waals surface area (Å²) in [6, 6.07) is 4.41. The molecule has 1 unspecified atom stereocenters. The van der Waals surface area contributed by atoms with Gasteiger partial charge in [0.1, 0.15) is 12.4 Å². The Labute approximate surface area is 131 Å². The lowest BCUT2D eigenvalue weighted by Gasteiger charge is -2.31. The van der Waals surface area contributed by atoms with E-state index in [1.54, 1.807) is 0 Å². The third-order valence-corrected chi connectivity index (χ3v) is 4.74. The first-order valence-electron chi connectivity index (χ1n) is 7.91. The zero-order valence-electron chi connectivity index (χ0n) is 12.6.